The third-order valence-corrected chi connectivity index (χ3v) is 1.51. The van der Waals surface area contributed by atoms with Crippen molar-refractivity contribution in [1.29, 1.82) is 0 Å². The summed E-state index contributed by atoms with van der Waals surface area (Å²) in [5.41, 5.74) is 6.65. The molecule has 1 heterocycles. The summed E-state index contributed by atoms with van der Waals surface area (Å²) in [6.07, 6.45) is 0. The molecule has 0 radical (unpaired) electrons. The molecule has 3 heteroatoms. The van der Waals surface area contributed by atoms with E-state index in [4.69, 9.17) is 0 Å². The molecule has 0 atom stereocenters. The molecular weight excluding hydrogens is 150 g/mol. The first kappa shape index (κ1) is 8.74. The Labute approximate surface area is 71.6 Å². The largest absolute Gasteiger partial charge is 0.342 e. The van der Waals surface area contributed by atoms with Crippen molar-refractivity contribution in [1.82, 2.24) is 9.97 Å². The SMILES string of the molecule is CN.Cc1nc2ccccc2[nH]1. The van der Waals surface area contributed by atoms with Crippen LogP contribution in [0.1, 0.15) is 5.82 Å². The molecule has 1 aromatic heterocycles. The molecule has 2 rings (SSSR count). The summed E-state index contributed by atoms with van der Waals surface area (Å²) in [5.74, 6) is 0.973. The number of nitrogens with zero attached hydrogens (tertiary/aromatic N) is 1. The molecule has 0 aliphatic heterocycles. The first-order valence-corrected chi connectivity index (χ1v) is 3.85. The van der Waals surface area contributed by atoms with Gasteiger partial charge in [0, 0.05) is 0 Å². The highest BCUT2D eigenvalue weighted by atomic mass is 14.9. The summed E-state index contributed by atoms with van der Waals surface area (Å²) in [5, 5.41) is 0. The lowest BCUT2D eigenvalue weighted by molar-refractivity contribution is 1.17. The van der Waals surface area contributed by atoms with Gasteiger partial charge in [0.15, 0.2) is 0 Å². The lowest BCUT2D eigenvalue weighted by Crippen LogP contribution is -1.69. The van der Waals surface area contributed by atoms with Gasteiger partial charge < -0.3 is 10.7 Å². The van der Waals surface area contributed by atoms with Crippen molar-refractivity contribution in [2.75, 3.05) is 7.05 Å². The number of imidazole rings is 1. The van der Waals surface area contributed by atoms with E-state index in [0.717, 1.165) is 16.9 Å². The number of H-pyrrole nitrogens is 1. The Hall–Kier alpha value is -1.35. The van der Waals surface area contributed by atoms with Crippen LogP contribution in [0.15, 0.2) is 24.3 Å². The Morgan fingerprint density at radius 2 is 1.92 bits per heavy atom. The zero-order chi connectivity index (χ0) is 8.97. The lowest BCUT2D eigenvalue weighted by Gasteiger charge is -1.81. The van der Waals surface area contributed by atoms with Gasteiger partial charge in [0.25, 0.3) is 0 Å². The van der Waals surface area contributed by atoms with E-state index < -0.39 is 0 Å². The van der Waals surface area contributed by atoms with Crippen LogP contribution in [0.5, 0.6) is 0 Å². The van der Waals surface area contributed by atoms with Crippen LogP contribution < -0.4 is 5.73 Å². The Balaban J connectivity index is 0.000000336. The van der Waals surface area contributed by atoms with Crippen LogP contribution in [0.4, 0.5) is 0 Å². The maximum atomic E-state index is 4.50. The summed E-state index contributed by atoms with van der Waals surface area (Å²) in [7, 11) is 1.50. The number of aromatic amines is 1. The molecular formula is C9H13N3. The lowest BCUT2D eigenvalue weighted by atomic mass is 10.3. The van der Waals surface area contributed by atoms with E-state index in [-0.39, 0.29) is 0 Å². The Morgan fingerprint density at radius 3 is 2.58 bits per heavy atom. The number of nitrogens with one attached hydrogen (secondary N) is 1. The normalized spacial score (nSPS) is 9.25. The molecule has 0 aliphatic carbocycles. The molecule has 2 aromatic rings. The Kier molecular flexibility index (Phi) is 2.82. The number of nitrogens with two attached hydrogens (primary N) is 1. The fourth-order valence-electron chi connectivity index (χ4n) is 1.08. The number of aryl methyl sites for hydroxylation is 1. The van der Waals surface area contributed by atoms with E-state index in [9.17, 15) is 0 Å². The number of fused-ring (bicyclic) bond motifs is 1. The second kappa shape index (κ2) is 3.88. The van der Waals surface area contributed by atoms with Crippen LogP contribution in [-0.4, -0.2) is 17.0 Å². The number of rotatable bonds is 0. The molecule has 0 spiro atoms. The van der Waals surface area contributed by atoms with Crippen LogP contribution >= 0.6 is 0 Å². The number of hydrogen-bond acceptors (Lipinski definition) is 2. The number of benzene rings is 1. The third kappa shape index (κ3) is 1.62. The van der Waals surface area contributed by atoms with E-state index in [1.165, 1.54) is 7.05 Å². The predicted octanol–water partition coefficient (Wildman–Crippen LogP) is 1.45. The first-order valence-electron chi connectivity index (χ1n) is 3.85. The van der Waals surface area contributed by atoms with Crippen molar-refractivity contribution in [3.05, 3.63) is 30.1 Å². The van der Waals surface area contributed by atoms with Crippen molar-refractivity contribution in [2.24, 2.45) is 5.73 Å². The van der Waals surface area contributed by atoms with Crippen LogP contribution in [0.2, 0.25) is 0 Å². The monoisotopic (exact) mass is 163 g/mol. The van der Waals surface area contributed by atoms with Crippen molar-refractivity contribution in [3.8, 4) is 0 Å². The van der Waals surface area contributed by atoms with Crippen LogP contribution in [0.25, 0.3) is 11.0 Å². The average Bonchev–Trinajstić information content (AvgIpc) is 2.48. The van der Waals surface area contributed by atoms with Gasteiger partial charge >= 0.3 is 0 Å². The van der Waals surface area contributed by atoms with Crippen molar-refractivity contribution in [3.63, 3.8) is 0 Å². The van der Waals surface area contributed by atoms with Gasteiger partial charge in [0.1, 0.15) is 5.82 Å². The highest BCUT2D eigenvalue weighted by molar-refractivity contribution is 5.74. The molecule has 0 amide bonds. The molecule has 0 aliphatic rings. The molecule has 0 saturated heterocycles. The van der Waals surface area contributed by atoms with Crippen molar-refractivity contribution in [2.45, 2.75) is 6.92 Å². The second-order valence-electron chi connectivity index (χ2n) is 2.34. The minimum absolute atomic E-state index is 0.973. The molecule has 0 saturated carbocycles. The zero-order valence-corrected chi connectivity index (χ0v) is 7.33. The molecule has 64 valence electrons. The van der Waals surface area contributed by atoms with Gasteiger partial charge in [-0.05, 0) is 26.1 Å². The molecule has 1 aromatic carbocycles. The van der Waals surface area contributed by atoms with Gasteiger partial charge in [-0.2, -0.15) is 0 Å². The number of hydrogen-bond donors (Lipinski definition) is 2. The fourth-order valence-corrected chi connectivity index (χ4v) is 1.08. The fraction of sp³-hybridized carbons (Fsp3) is 0.222. The molecule has 0 fully saturated rings. The molecule has 3 N–H and O–H groups in total. The van der Waals surface area contributed by atoms with Gasteiger partial charge in [-0.1, -0.05) is 12.1 Å². The van der Waals surface area contributed by atoms with Crippen LogP contribution in [0.3, 0.4) is 0 Å². The highest BCUT2D eigenvalue weighted by Gasteiger charge is 1.93. The second-order valence-corrected chi connectivity index (χ2v) is 2.34. The van der Waals surface area contributed by atoms with E-state index >= 15 is 0 Å². The summed E-state index contributed by atoms with van der Waals surface area (Å²) in [6.45, 7) is 1.96. The van der Waals surface area contributed by atoms with Crippen LogP contribution in [0, 0.1) is 6.92 Å². The van der Waals surface area contributed by atoms with Gasteiger partial charge in [-0.25, -0.2) is 4.98 Å². The Morgan fingerprint density at radius 1 is 1.25 bits per heavy atom. The van der Waals surface area contributed by atoms with Gasteiger partial charge in [-0.15, -0.1) is 0 Å². The average molecular weight is 163 g/mol. The van der Waals surface area contributed by atoms with Crippen molar-refractivity contribution >= 4 is 11.0 Å². The molecule has 3 nitrogen and oxygen atoms in total. The zero-order valence-electron chi connectivity index (χ0n) is 7.33. The highest BCUT2D eigenvalue weighted by Crippen LogP contribution is 2.08. The number of para-hydroxylation sites is 2. The quantitative estimate of drug-likeness (QED) is 0.617. The summed E-state index contributed by atoms with van der Waals surface area (Å²) < 4.78 is 0. The smallest absolute Gasteiger partial charge is 0.104 e. The molecule has 0 bridgehead atoms. The van der Waals surface area contributed by atoms with E-state index in [0.29, 0.717) is 0 Å². The van der Waals surface area contributed by atoms with Gasteiger partial charge in [-0.3, -0.25) is 0 Å². The topological polar surface area (TPSA) is 54.7 Å². The molecule has 12 heavy (non-hydrogen) atoms. The maximum absolute atomic E-state index is 4.50. The summed E-state index contributed by atoms with van der Waals surface area (Å²) in [6, 6.07) is 8.01. The molecule has 0 unspecified atom stereocenters. The van der Waals surface area contributed by atoms with Crippen molar-refractivity contribution < 1.29 is 0 Å². The van der Waals surface area contributed by atoms with E-state index in [2.05, 4.69) is 15.7 Å². The first-order chi connectivity index (χ1) is 5.86. The number of aromatic nitrogens is 2. The minimum atomic E-state index is 0.973. The van der Waals surface area contributed by atoms with E-state index in [1.807, 2.05) is 31.2 Å². The third-order valence-electron chi connectivity index (χ3n) is 1.51. The summed E-state index contributed by atoms with van der Waals surface area (Å²) in [4.78, 5) is 7.40. The standard InChI is InChI=1S/C8H8N2.CH5N/c1-6-9-7-4-2-3-5-8(7)10-6;1-2/h2-5H,1H3,(H,9,10);2H2,1H3. The maximum Gasteiger partial charge on any atom is 0.104 e. The minimum Gasteiger partial charge on any atom is -0.342 e. The Bertz CT molecular complexity index is 318. The summed E-state index contributed by atoms with van der Waals surface area (Å²) >= 11 is 0. The van der Waals surface area contributed by atoms with Gasteiger partial charge in [0.05, 0.1) is 11.0 Å². The van der Waals surface area contributed by atoms with Crippen LogP contribution in [-0.2, 0) is 0 Å². The predicted molar refractivity (Wildman–Crippen MR) is 50.9 cm³/mol. The van der Waals surface area contributed by atoms with E-state index in [1.54, 1.807) is 0 Å². The van der Waals surface area contributed by atoms with Gasteiger partial charge in [0.2, 0.25) is 0 Å².